The summed E-state index contributed by atoms with van der Waals surface area (Å²) in [7, 11) is 0. The van der Waals surface area contributed by atoms with Crippen LogP contribution in [0.1, 0.15) is 28.3 Å². The molecule has 78 valence electrons. The van der Waals surface area contributed by atoms with E-state index in [9.17, 15) is 0 Å². The maximum Gasteiger partial charge on any atom is 0.0560 e. The maximum absolute atomic E-state index is 6.21. The van der Waals surface area contributed by atoms with E-state index in [2.05, 4.69) is 48.9 Å². The molecule has 1 aromatic heterocycles. The van der Waals surface area contributed by atoms with Gasteiger partial charge in [0.15, 0.2) is 0 Å². The predicted molar refractivity (Wildman–Crippen MR) is 66.3 cm³/mol. The van der Waals surface area contributed by atoms with Crippen molar-refractivity contribution in [3.63, 3.8) is 0 Å². The van der Waals surface area contributed by atoms with Gasteiger partial charge in [-0.15, -0.1) is 0 Å². The molecule has 0 amide bonds. The molecule has 0 spiro atoms. The van der Waals surface area contributed by atoms with Crippen LogP contribution in [0.2, 0.25) is 0 Å². The SMILES string of the molecule is Cc1cc(C)cc([C@@H](N)c2ccsc2)c1. The Morgan fingerprint density at radius 3 is 2.27 bits per heavy atom. The minimum absolute atomic E-state index is 0.00912. The van der Waals surface area contributed by atoms with Crippen molar-refractivity contribution in [2.75, 3.05) is 0 Å². The van der Waals surface area contributed by atoms with E-state index in [0.29, 0.717) is 0 Å². The Morgan fingerprint density at radius 1 is 1.07 bits per heavy atom. The largest absolute Gasteiger partial charge is 0.320 e. The summed E-state index contributed by atoms with van der Waals surface area (Å²) >= 11 is 1.69. The number of rotatable bonds is 2. The molecule has 0 radical (unpaired) electrons. The van der Waals surface area contributed by atoms with Gasteiger partial charge in [0.05, 0.1) is 6.04 Å². The average molecular weight is 217 g/mol. The number of thiophene rings is 1. The minimum Gasteiger partial charge on any atom is -0.320 e. The van der Waals surface area contributed by atoms with E-state index in [1.54, 1.807) is 11.3 Å². The van der Waals surface area contributed by atoms with Gasteiger partial charge in [-0.2, -0.15) is 11.3 Å². The maximum atomic E-state index is 6.21. The Labute approximate surface area is 94.6 Å². The van der Waals surface area contributed by atoms with Crippen molar-refractivity contribution in [3.05, 3.63) is 57.3 Å². The topological polar surface area (TPSA) is 26.0 Å². The number of nitrogens with two attached hydrogens (primary N) is 1. The van der Waals surface area contributed by atoms with E-state index in [4.69, 9.17) is 5.73 Å². The van der Waals surface area contributed by atoms with Crippen LogP contribution in [-0.2, 0) is 0 Å². The molecule has 2 aromatic rings. The lowest BCUT2D eigenvalue weighted by atomic mass is 9.98. The fourth-order valence-corrected chi connectivity index (χ4v) is 2.53. The molecular weight excluding hydrogens is 202 g/mol. The van der Waals surface area contributed by atoms with Crippen LogP contribution in [0.5, 0.6) is 0 Å². The first-order valence-electron chi connectivity index (χ1n) is 5.02. The Balaban J connectivity index is 2.37. The average Bonchev–Trinajstić information content (AvgIpc) is 2.67. The molecule has 0 saturated heterocycles. The van der Waals surface area contributed by atoms with Crippen LogP contribution < -0.4 is 5.73 Å². The summed E-state index contributed by atoms with van der Waals surface area (Å²) in [5, 5.41) is 4.18. The summed E-state index contributed by atoms with van der Waals surface area (Å²) in [5.41, 5.74) is 11.2. The van der Waals surface area contributed by atoms with Gasteiger partial charge in [0.25, 0.3) is 0 Å². The predicted octanol–water partition coefficient (Wildman–Crippen LogP) is 3.41. The highest BCUT2D eigenvalue weighted by molar-refractivity contribution is 7.08. The van der Waals surface area contributed by atoms with Crippen LogP contribution >= 0.6 is 11.3 Å². The standard InChI is InChI=1S/C13H15NS/c1-9-5-10(2)7-12(6-9)13(14)11-3-4-15-8-11/h3-8,13H,14H2,1-2H3/t13-/m0/s1. The second kappa shape index (κ2) is 4.17. The molecule has 0 aliphatic heterocycles. The van der Waals surface area contributed by atoms with E-state index in [1.807, 2.05) is 0 Å². The van der Waals surface area contributed by atoms with Crippen LogP contribution in [0, 0.1) is 13.8 Å². The molecule has 0 aliphatic rings. The van der Waals surface area contributed by atoms with Crippen molar-refractivity contribution in [1.82, 2.24) is 0 Å². The molecule has 2 heteroatoms. The summed E-state index contributed by atoms with van der Waals surface area (Å²) in [5.74, 6) is 0. The third-order valence-electron chi connectivity index (χ3n) is 2.51. The Hall–Kier alpha value is -1.12. The van der Waals surface area contributed by atoms with Crippen LogP contribution in [-0.4, -0.2) is 0 Å². The lowest BCUT2D eigenvalue weighted by Gasteiger charge is -2.12. The van der Waals surface area contributed by atoms with E-state index in [1.165, 1.54) is 22.3 Å². The molecule has 0 aliphatic carbocycles. The van der Waals surface area contributed by atoms with Crippen molar-refractivity contribution >= 4 is 11.3 Å². The van der Waals surface area contributed by atoms with E-state index < -0.39 is 0 Å². The summed E-state index contributed by atoms with van der Waals surface area (Å²) in [4.78, 5) is 0. The Morgan fingerprint density at radius 2 is 1.73 bits per heavy atom. The zero-order valence-corrected chi connectivity index (χ0v) is 9.84. The quantitative estimate of drug-likeness (QED) is 0.819. The fourth-order valence-electron chi connectivity index (χ4n) is 1.83. The van der Waals surface area contributed by atoms with Gasteiger partial charge in [-0.3, -0.25) is 0 Å². The highest BCUT2D eigenvalue weighted by Crippen LogP contribution is 2.23. The number of aryl methyl sites for hydroxylation is 2. The van der Waals surface area contributed by atoms with Gasteiger partial charge in [0, 0.05) is 0 Å². The number of hydrogen-bond acceptors (Lipinski definition) is 2. The third kappa shape index (κ3) is 2.28. The van der Waals surface area contributed by atoms with Gasteiger partial charge in [0.1, 0.15) is 0 Å². The van der Waals surface area contributed by atoms with Gasteiger partial charge in [0.2, 0.25) is 0 Å². The Bertz CT molecular complexity index is 425. The molecular formula is C13H15NS. The summed E-state index contributed by atoms with van der Waals surface area (Å²) in [6, 6.07) is 8.59. The van der Waals surface area contributed by atoms with Crippen molar-refractivity contribution in [2.45, 2.75) is 19.9 Å². The number of hydrogen-bond donors (Lipinski definition) is 1. The lowest BCUT2D eigenvalue weighted by molar-refractivity contribution is 0.873. The molecule has 0 fully saturated rings. The van der Waals surface area contributed by atoms with Crippen molar-refractivity contribution in [2.24, 2.45) is 5.73 Å². The van der Waals surface area contributed by atoms with Gasteiger partial charge >= 0.3 is 0 Å². The fraction of sp³-hybridized carbons (Fsp3) is 0.231. The van der Waals surface area contributed by atoms with E-state index >= 15 is 0 Å². The van der Waals surface area contributed by atoms with Crippen molar-refractivity contribution in [3.8, 4) is 0 Å². The zero-order valence-electron chi connectivity index (χ0n) is 9.03. The van der Waals surface area contributed by atoms with Crippen molar-refractivity contribution < 1.29 is 0 Å². The second-order valence-corrected chi connectivity index (χ2v) is 4.74. The summed E-state index contributed by atoms with van der Waals surface area (Å²) < 4.78 is 0. The molecule has 0 unspecified atom stereocenters. The third-order valence-corrected chi connectivity index (χ3v) is 3.21. The first-order valence-corrected chi connectivity index (χ1v) is 5.97. The lowest BCUT2D eigenvalue weighted by Crippen LogP contribution is -2.11. The molecule has 2 rings (SSSR count). The smallest absolute Gasteiger partial charge is 0.0560 e. The van der Waals surface area contributed by atoms with Crippen LogP contribution in [0.25, 0.3) is 0 Å². The van der Waals surface area contributed by atoms with Gasteiger partial charge < -0.3 is 5.73 Å². The van der Waals surface area contributed by atoms with Crippen LogP contribution in [0.3, 0.4) is 0 Å². The zero-order chi connectivity index (χ0) is 10.8. The molecule has 1 nitrogen and oxygen atoms in total. The summed E-state index contributed by atoms with van der Waals surface area (Å²) in [6.45, 7) is 4.22. The molecule has 0 saturated carbocycles. The highest BCUT2D eigenvalue weighted by atomic mass is 32.1. The number of benzene rings is 1. The molecule has 2 N–H and O–H groups in total. The first-order chi connectivity index (χ1) is 7.16. The molecule has 1 aromatic carbocycles. The van der Waals surface area contributed by atoms with Gasteiger partial charge in [-0.25, -0.2) is 0 Å². The monoisotopic (exact) mass is 217 g/mol. The molecule has 1 atom stereocenters. The molecule has 15 heavy (non-hydrogen) atoms. The molecule has 1 heterocycles. The minimum atomic E-state index is 0.00912. The normalized spacial score (nSPS) is 12.7. The highest BCUT2D eigenvalue weighted by Gasteiger charge is 2.09. The summed E-state index contributed by atoms with van der Waals surface area (Å²) in [6.07, 6.45) is 0. The Kier molecular flexibility index (Phi) is 2.89. The van der Waals surface area contributed by atoms with E-state index in [0.717, 1.165) is 0 Å². The van der Waals surface area contributed by atoms with Crippen LogP contribution in [0.15, 0.2) is 35.0 Å². The van der Waals surface area contributed by atoms with Gasteiger partial charge in [-0.1, -0.05) is 29.3 Å². The molecule has 0 bridgehead atoms. The second-order valence-electron chi connectivity index (χ2n) is 3.96. The van der Waals surface area contributed by atoms with Crippen molar-refractivity contribution in [1.29, 1.82) is 0 Å². The first kappa shape index (κ1) is 10.4. The van der Waals surface area contributed by atoms with Crippen LogP contribution in [0.4, 0.5) is 0 Å². The van der Waals surface area contributed by atoms with Gasteiger partial charge in [-0.05, 0) is 41.8 Å². The van der Waals surface area contributed by atoms with E-state index in [-0.39, 0.29) is 6.04 Å².